The number of carbonyl (C=O) groups is 2. The molecule has 0 aromatic heterocycles. The summed E-state index contributed by atoms with van der Waals surface area (Å²) in [6.07, 6.45) is 1.92. The molecule has 0 saturated heterocycles. The highest BCUT2D eigenvalue weighted by Crippen LogP contribution is 2.37. The van der Waals surface area contributed by atoms with Crippen molar-refractivity contribution in [3.05, 3.63) is 21.1 Å². The lowest BCUT2D eigenvalue weighted by molar-refractivity contribution is -0.145. The number of amides is 1. The fourth-order valence-corrected chi connectivity index (χ4v) is 3.83. The summed E-state index contributed by atoms with van der Waals surface area (Å²) in [6.45, 7) is 0. The van der Waals surface area contributed by atoms with Crippen LogP contribution in [-0.4, -0.2) is 24.1 Å². The number of halogens is 2. The summed E-state index contributed by atoms with van der Waals surface area (Å²) < 4.78 is 6.66. The molecule has 1 amide bonds. The number of anilines is 1. The lowest BCUT2D eigenvalue weighted by atomic mass is 9.95. The van der Waals surface area contributed by atoms with Crippen LogP contribution < -0.4 is 10.1 Å². The van der Waals surface area contributed by atoms with Gasteiger partial charge in [-0.25, -0.2) is 0 Å². The van der Waals surface area contributed by atoms with Crippen molar-refractivity contribution in [2.24, 2.45) is 11.8 Å². The zero-order valence-corrected chi connectivity index (χ0v) is 14.5. The normalized spacial score (nSPS) is 21.1. The number of hydrogen-bond acceptors (Lipinski definition) is 3. The summed E-state index contributed by atoms with van der Waals surface area (Å²) in [5, 5.41) is 11.9. The molecular formula is C14H15Br2NO4. The van der Waals surface area contributed by atoms with Crippen molar-refractivity contribution in [1.29, 1.82) is 0 Å². The Morgan fingerprint density at radius 1 is 1.24 bits per heavy atom. The molecule has 7 heteroatoms. The minimum absolute atomic E-state index is 0.259. The van der Waals surface area contributed by atoms with Gasteiger partial charge in [0.2, 0.25) is 5.91 Å². The summed E-state index contributed by atoms with van der Waals surface area (Å²) in [5.74, 6) is -1.65. The van der Waals surface area contributed by atoms with Gasteiger partial charge < -0.3 is 15.2 Å². The highest BCUT2D eigenvalue weighted by Gasteiger charge is 2.37. The van der Waals surface area contributed by atoms with Crippen molar-refractivity contribution in [2.45, 2.75) is 19.3 Å². The Morgan fingerprint density at radius 2 is 1.90 bits per heavy atom. The monoisotopic (exact) mass is 419 g/mol. The van der Waals surface area contributed by atoms with E-state index in [1.54, 1.807) is 12.1 Å². The molecule has 2 rings (SSSR count). The summed E-state index contributed by atoms with van der Waals surface area (Å²) in [6, 6.07) is 3.47. The van der Waals surface area contributed by atoms with E-state index in [2.05, 4.69) is 37.2 Å². The number of hydrogen-bond donors (Lipinski definition) is 2. The number of methoxy groups -OCH3 is 1. The molecule has 0 heterocycles. The number of carboxylic acid groups (broad SMARTS) is 1. The Labute approximate surface area is 139 Å². The van der Waals surface area contributed by atoms with E-state index in [1.165, 1.54) is 7.11 Å². The Balaban J connectivity index is 2.18. The van der Waals surface area contributed by atoms with Gasteiger partial charge in [-0.1, -0.05) is 6.42 Å². The Bertz CT molecular complexity index is 576. The molecule has 0 radical (unpaired) electrons. The Hall–Kier alpha value is -1.08. The van der Waals surface area contributed by atoms with Crippen LogP contribution in [0.4, 0.5) is 5.69 Å². The van der Waals surface area contributed by atoms with Crippen molar-refractivity contribution >= 4 is 49.4 Å². The van der Waals surface area contributed by atoms with Gasteiger partial charge in [-0.05, 0) is 50.8 Å². The smallest absolute Gasteiger partial charge is 0.307 e. The maximum absolute atomic E-state index is 12.3. The van der Waals surface area contributed by atoms with Crippen molar-refractivity contribution in [3.63, 3.8) is 0 Å². The van der Waals surface area contributed by atoms with Gasteiger partial charge in [0.25, 0.3) is 0 Å². The molecular weight excluding hydrogens is 406 g/mol. The minimum Gasteiger partial charge on any atom is -0.495 e. The van der Waals surface area contributed by atoms with Gasteiger partial charge in [-0.3, -0.25) is 9.59 Å². The second-order valence-electron chi connectivity index (χ2n) is 4.94. The molecule has 2 N–H and O–H groups in total. The lowest BCUT2D eigenvalue weighted by Gasteiger charge is -2.17. The van der Waals surface area contributed by atoms with Crippen LogP contribution in [0.25, 0.3) is 0 Å². The van der Waals surface area contributed by atoms with E-state index in [9.17, 15) is 9.59 Å². The summed E-state index contributed by atoms with van der Waals surface area (Å²) >= 11 is 6.73. The molecule has 5 nitrogen and oxygen atoms in total. The number of aliphatic carboxylic acids is 1. The van der Waals surface area contributed by atoms with Gasteiger partial charge >= 0.3 is 5.97 Å². The van der Waals surface area contributed by atoms with Crippen LogP contribution in [0, 0.1) is 11.8 Å². The topological polar surface area (TPSA) is 75.6 Å². The quantitative estimate of drug-likeness (QED) is 0.779. The molecule has 21 heavy (non-hydrogen) atoms. The zero-order chi connectivity index (χ0) is 15.6. The van der Waals surface area contributed by atoms with Gasteiger partial charge in [-0.15, -0.1) is 0 Å². The summed E-state index contributed by atoms with van der Waals surface area (Å²) in [5.41, 5.74) is 0.566. The van der Waals surface area contributed by atoms with Crippen LogP contribution in [0.2, 0.25) is 0 Å². The van der Waals surface area contributed by atoms with E-state index >= 15 is 0 Å². The molecule has 0 bridgehead atoms. The van der Waals surface area contributed by atoms with Crippen LogP contribution in [0.15, 0.2) is 21.1 Å². The van der Waals surface area contributed by atoms with Crippen LogP contribution in [-0.2, 0) is 9.59 Å². The van der Waals surface area contributed by atoms with Crippen LogP contribution >= 0.6 is 31.9 Å². The van der Waals surface area contributed by atoms with Gasteiger partial charge in [0, 0.05) is 10.5 Å². The molecule has 1 aliphatic carbocycles. The fourth-order valence-electron chi connectivity index (χ4n) is 2.58. The maximum Gasteiger partial charge on any atom is 0.307 e. The maximum atomic E-state index is 12.3. The van der Waals surface area contributed by atoms with Crippen LogP contribution in [0.1, 0.15) is 19.3 Å². The molecule has 1 fully saturated rings. The number of ether oxygens (including phenoxy) is 1. The number of carbonyl (C=O) groups excluding carboxylic acids is 1. The molecule has 2 atom stereocenters. The Morgan fingerprint density at radius 3 is 2.52 bits per heavy atom. The molecule has 1 aliphatic rings. The molecule has 0 spiro atoms. The average Bonchev–Trinajstić information content (AvgIpc) is 2.91. The van der Waals surface area contributed by atoms with E-state index in [0.29, 0.717) is 28.8 Å². The first-order chi connectivity index (χ1) is 9.93. The molecule has 1 aromatic rings. The summed E-state index contributed by atoms with van der Waals surface area (Å²) in [7, 11) is 1.54. The van der Waals surface area contributed by atoms with Crippen molar-refractivity contribution in [3.8, 4) is 5.75 Å². The molecule has 0 aliphatic heterocycles. The lowest BCUT2D eigenvalue weighted by Crippen LogP contribution is -2.30. The van der Waals surface area contributed by atoms with Crippen LogP contribution in [0.5, 0.6) is 5.75 Å². The van der Waals surface area contributed by atoms with E-state index in [0.717, 1.165) is 10.9 Å². The standard InChI is InChI=1S/C14H15Br2NO4/c1-21-12-6-11(9(15)5-10(12)16)17-13(18)7-3-2-4-8(7)14(19)20/h5-8H,2-4H2,1H3,(H,17,18)(H,19,20). The highest BCUT2D eigenvalue weighted by molar-refractivity contribution is 9.11. The van der Waals surface area contributed by atoms with E-state index < -0.39 is 17.8 Å². The molecule has 114 valence electrons. The number of benzene rings is 1. The average molecular weight is 421 g/mol. The van der Waals surface area contributed by atoms with Gasteiger partial charge in [0.05, 0.1) is 29.1 Å². The van der Waals surface area contributed by atoms with Gasteiger partial charge in [-0.2, -0.15) is 0 Å². The first-order valence-electron chi connectivity index (χ1n) is 6.50. The predicted octanol–water partition coefficient (Wildman–Crippen LogP) is 3.66. The minimum atomic E-state index is -0.903. The first-order valence-corrected chi connectivity index (χ1v) is 8.09. The largest absolute Gasteiger partial charge is 0.495 e. The second kappa shape index (κ2) is 6.79. The van der Waals surface area contributed by atoms with Crippen molar-refractivity contribution < 1.29 is 19.4 Å². The van der Waals surface area contributed by atoms with Crippen molar-refractivity contribution in [2.75, 3.05) is 12.4 Å². The van der Waals surface area contributed by atoms with Crippen LogP contribution in [0.3, 0.4) is 0 Å². The third kappa shape index (κ3) is 3.58. The van der Waals surface area contributed by atoms with Crippen molar-refractivity contribution in [1.82, 2.24) is 0 Å². The molecule has 1 aromatic carbocycles. The van der Waals surface area contributed by atoms with E-state index in [-0.39, 0.29) is 5.91 Å². The second-order valence-corrected chi connectivity index (χ2v) is 6.65. The van der Waals surface area contributed by atoms with E-state index in [4.69, 9.17) is 9.84 Å². The third-order valence-electron chi connectivity index (χ3n) is 3.67. The summed E-state index contributed by atoms with van der Waals surface area (Å²) in [4.78, 5) is 23.5. The SMILES string of the molecule is COc1cc(NC(=O)C2CCCC2C(=O)O)c(Br)cc1Br. The molecule has 2 unspecified atom stereocenters. The third-order valence-corrected chi connectivity index (χ3v) is 4.95. The van der Waals surface area contributed by atoms with Gasteiger partial charge in [0.1, 0.15) is 5.75 Å². The first kappa shape index (κ1) is 16.3. The number of nitrogens with one attached hydrogen (secondary N) is 1. The predicted molar refractivity (Wildman–Crippen MR) is 85.5 cm³/mol. The molecule has 1 saturated carbocycles. The highest BCUT2D eigenvalue weighted by atomic mass is 79.9. The zero-order valence-electron chi connectivity index (χ0n) is 11.4. The number of rotatable bonds is 4. The fraction of sp³-hybridized carbons (Fsp3) is 0.429. The Kier molecular flexibility index (Phi) is 5.27. The van der Waals surface area contributed by atoms with E-state index in [1.807, 2.05) is 0 Å². The number of carboxylic acids is 1. The van der Waals surface area contributed by atoms with Gasteiger partial charge in [0.15, 0.2) is 0 Å².